The third-order valence-corrected chi connectivity index (χ3v) is 6.52. The van der Waals surface area contributed by atoms with Crippen molar-refractivity contribution < 1.29 is 9.59 Å². The zero-order valence-corrected chi connectivity index (χ0v) is 20.8. The number of carbonyl (C=O) groups is 2. The van der Waals surface area contributed by atoms with E-state index in [9.17, 15) is 9.59 Å². The first-order valence-electron chi connectivity index (χ1n) is 12.2. The predicted molar refractivity (Wildman–Crippen MR) is 141 cm³/mol. The molecule has 0 aliphatic carbocycles. The second kappa shape index (κ2) is 10.2. The quantitative estimate of drug-likeness (QED) is 0.387. The molecule has 1 saturated heterocycles. The molecule has 0 radical (unpaired) electrons. The summed E-state index contributed by atoms with van der Waals surface area (Å²) in [5.74, 6) is 1.31. The summed E-state index contributed by atoms with van der Waals surface area (Å²) >= 11 is 0. The highest BCUT2D eigenvalue weighted by Crippen LogP contribution is 2.36. The van der Waals surface area contributed by atoms with E-state index in [1.807, 2.05) is 41.6 Å². The molecule has 2 N–H and O–H groups in total. The third kappa shape index (κ3) is 4.65. The summed E-state index contributed by atoms with van der Waals surface area (Å²) in [4.78, 5) is 45.1. The second-order valence-electron chi connectivity index (χ2n) is 8.86. The van der Waals surface area contributed by atoms with Gasteiger partial charge >= 0.3 is 0 Å². The van der Waals surface area contributed by atoms with Crippen molar-refractivity contribution in [1.29, 1.82) is 0 Å². The van der Waals surface area contributed by atoms with Gasteiger partial charge in [-0.2, -0.15) is 0 Å². The molecule has 0 spiro atoms. The Labute approximate surface area is 214 Å². The molecule has 10 heteroatoms. The zero-order chi connectivity index (χ0) is 25.9. The van der Waals surface area contributed by atoms with Crippen LogP contribution in [0.25, 0.3) is 16.8 Å². The van der Waals surface area contributed by atoms with Crippen molar-refractivity contribution in [3.8, 4) is 11.3 Å². The Morgan fingerprint density at radius 1 is 1.08 bits per heavy atom. The van der Waals surface area contributed by atoms with E-state index in [2.05, 4.69) is 32.2 Å². The topological polar surface area (TPSA) is 117 Å². The van der Waals surface area contributed by atoms with Crippen LogP contribution in [0.2, 0.25) is 0 Å². The molecule has 1 fully saturated rings. The first-order chi connectivity index (χ1) is 18.0. The van der Waals surface area contributed by atoms with Gasteiger partial charge in [0.2, 0.25) is 11.9 Å². The number of nitrogens with one attached hydrogen (secondary N) is 2. The van der Waals surface area contributed by atoms with Crippen LogP contribution < -0.4 is 10.6 Å². The Hall–Kier alpha value is -4.60. The molecule has 1 aromatic carbocycles. The Kier molecular flexibility index (Phi) is 6.63. The largest absolute Gasteiger partial charge is 0.371 e. The Balaban J connectivity index is 1.53. The maximum atomic E-state index is 12.7. The fraction of sp³-hybridized carbons (Fsp3) is 0.259. The number of aromatic nitrogens is 5. The number of anilines is 2. The number of imidazole rings is 1. The Morgan fingerprint density at radius 2 is 1.89 bits per heavy atom. The van der Waals surface area contributed by atoms with E-state index >= 15 is 0 Å². The molecule has 0 saturated carbocycles. The van der Waals surface area contributed by atoms with Crippen LogP contribution >= 0.6 is 0 Å². The van der Waals surface area contributed by atoms with Gasteiger partial charge in [-0.25, -0.2) is 19.9 Å². The van der Waals surface area contributed by atoms with Crippen molar-refractivity contribution >= 4 is 29.1 Å². The van der Waals surface area contributed by atoms with E-state index in [-0.39, 0.29) is 23.8 Å². The van der Waals surface area contributed by atoms with Crippen LogP contribution in [-0.4, -0.2) is 54.6 Å². The maximum Gasteiger partial charge on any atom is 0.258 e. The van der Waals surface area contributed by atoms with Crippen LogP contribution in [-0.2, 0) is 4.79 Å². The number of amides is 2. The minimum atomic E-state index is -0.300. The van der Waals surface area contributed by atoms with E-state index in [1.165, 1.54) is 6.08 Å². The second-order valence-corrected chi connectivity index (χ2v) is 8.86. The van der Waals surface area contributed by atoms with Crippen LogP contribution in [0.3, 0.4) is 0 Å². The standard InChI is InChI=1S/C27H28N8O2/c1-4-21(36)34-15-6-5-7-20(34)25-32-22(23-24(28-3)29-14-16-35(23)25)18-8-10-19(11-9-18)26(37)33-27-30-13-12-17(2)31-27/h4,8-14,16,20H,1,5-7,15H2,2-3H3,(H,28,29)(H,30,31,33,37). The van der Waals surface area contributed by atoms with E-state index in [4.69, 9.17) is 4.98 Å². The van der Waals surface area contributed by atoms with Crippen molar-refractivity contribution in [2.45, 2.75) is 32.2 Å². The van der Waals surface area contributed by atoms with Crippen LogP contribution in [0.4, 0.5) is 11.8 Å². The summed E-state index contributed by atoms with van der Waals surface area (Å²) in [6.45, 7) is 6.18. The number of carbonyl (C=O) groups excluding carboxylic acids is 2. The number of benzene rings is 1. The van der Waals surface area contributed by atoms with Gasteiger partial charge in [0.15, 0.2) is 5.82 Å². The number of likely N-dealkylation sites (tertiary alicyclic amines) is 1. The molecule has 1 aliphatic rings. The van der Waals surface area contributed by atoms with Gasteiger partial charge in [-0.15, -0.1) is 0 Å². The lowest BCUT2D eigenvalue weighted by molar-refractivity contribution is -0.129. The lowest BCUT2D eigenvalue weighted by Crippen LogP contribution is -2.38. The van der Waals surface area contributed by atoms with Crippen LogP contribution in [0.1, 0.15) is 47.2 Å². The van der Waals surface area contributed by atoms with Crippen molar-refractivity contribution in [1.82, 2.24) is 29.2 Å². The smallest absolute Gasteiger partial charge is 0.258 e. The molecule has 1 unspecified atom stereocenters. The van der Waals surface area contributed by atoms with Crippen molar-refractivity contribution in [2.24, 2.45) is 0 Å². The lowest BCUT2D eigenvalue weighted by Gasteiger charge is -2.34. The molecule has 0 bridgehead atoms. The summed E-state index contributed by atoms with van der Waals surface area (Å²) in [5, 5.41) is 5.88. The number of nitrogens with zero attached hydrogens (tertiary/aromatic N) is 6. The van der Waals surface area contributed by atoms with Gasteiger partial charge in [-0.05, 0) is 50.5 Å². The fourth-order valence-corrected chi connectivity index (χ4v) is 4.73. The molecule has 2 amide bonds. The van der Waals surface area contributed by atoms with E-state index in [0.29, 0.717) is 17.9 Å². The number of piperidine rings is 1. The molecular weight excluding hydrogens is 468 g/mol. The number of rotatable bonds is 6. The van der Waals surface area contributed by atoms with Gasteiger partial charge in [0.1, 0.15) is 17.0 Å². The maximum absolute atomic E-state index is 12.7. The highest BCUT2D eigenvalue weighted by Gasteiger charge is 2.31. The first kappa shape index (κ1) is 24.1. The molecule has 188 valence electrons. The molecular formula is C27H28N8O2. The average molecular weight is 497 g/mol. The molecule has 4 aromatic rings. The van der Waals surface area contributed by atoms with Crippen LogP contribution in [0.15, 0.2) is 61.6 Å². The van der Waals surface area contributed by atoms with E-state index in [0.717, 1.165) is 47.6 Å². The summed E-state index contributed by atoms with van der Waals surface area (Å²) in [5.41, 5.74) is 3.59. The lowest BCUT2D eigenvalue weighted by atomic mass is 10.0. The highest BCUT2D eigenvalue weighted by atomic mass is 16.2. The zero-order valence-electron chi connectivity index (χ0n) is 20.8. The first-order valence-corrected chi connectivity index (χ1v) is 12.2. The minimum absolute atomic E-state index is 0.0983. The van der Waals surface area contributed by atoms with E-state index in [1.54, 1.807) is 30.6 Å². The van der Waals surface area contributed by atoms with Crippen LogP contribution in [0.5, 0.6) is 0 Å². The van der Waals surface area contributed by atoms with Crippen molar-refractivity contribution in [2.75, 3.05) is 24.2 Å². The number of hydrogen-bond acceptors (Lipinski definition) is 7. The van der Waals surface area contributed by atoms with Gasteiger partial charge in [0, 0.05) is 49.0 Å². The van der Waals surface area contributed by atoms with Crippen molar-refractivity contribution in [3.05, 3.63) is 78.7 Å². The predicted octanol–water partition coefficient (Wildman–Crippen LogP) is 4.03. The Bertz CT molecular complexity index is 1480. The molecule has 1 atom stereocenters. The van der Waals surface area contributed by atoms with E-state index < -0.39 is 0 Å². The monoisotopic (exact) mass is 496 g/mol. The van der Waals surface area contributed by atoms with Gasteiger partial charge in [-0.3, -0.25) is 19.3 Å². The number of hydrogen-bond donors (Lipinski definition) is 2. The van der Waals surface area contributed by atoms with Gasteiger partial charge in [0.05, 0.1) is 6.04 Å². The Morgan fingerprint density at radius 3 is 2.62 bits per heavy atom. The summed E-state index contributed by atoms with van der Waals surface area (Å²) in [6.07, 6.45) is 9.33. The molecule has 37 heavy (non-hydrogen) atoms. The van der Waals surface area contributed by atoms with Gasteiger partial charge in [-0.1, -0.05) is 18.7 Å². The highest BCUT2D eigenvalue weighted by molar-refractivity contribution is 6.03. The molecule has 4 heterocycles. The molecule has 1 aliphatic heterocycles. The fourth-order valence-electron chi connectivity index (χ4n) is 4.73. The number of fused-ring (bicyclic) bond motifs is 1. The average Bonchev–Trinajstić information content (AvgIpc) is 3.32. The van der Waals surface area contributed by atoms with Gasteiger partial charge in [0.25, 0.3) is 5.91 Å². The van der Waals surface area contributed by atoms with Crippen LogP contribution in [0, 0.1) is 6.92 Å². The normalized spacial score (nSPS) is 15.4. The summed E-state index contributed by atoms with van der Waals surface area (Å²) in [7, 11) is 1.81. The SMILES string of the molecule is C=CC(=O)N1CCCCC1c1nc(-c2ccc(C(=O)Nc3nccc(C)n3)cc2)c2c(NC)nccn12. The molecule has 10 nitrogen and oxygen atoms in total. The number of aryl methyl sites for hydroxylation is 1. The molecule has 5 rings (SSSR count). The summed E-state index contributed by atoms with van der Waals surface area (Å²) in [6, 6.07) is 8.80. The van der Waals surface area contributed by atoms with Crippen molar-refractivity contribution in [3.63, 3.8) is 0 Å². The van der Waals surface area contributed by atoms with Gasteiger partial charge < -0.3 is 10.2 Å². The molecule has 3 aromatic heterocycles. The minimum Gasteiger partial charge on any atom is -0.371 e. The summed E-state index contributed by atoms with van der Waals surface area (Å²) < 4.78 is 2.00. The third-order valence-electron chi connectivity index (χ3n) is 6.52.